The number of sulfone groups is 1. The maximum absolute atomic E-state index is 11.4. The molecule has 0 saturated heterocycles. The van der Waals surface area contributed by atoms with Gasteiger partial charge in [-0.1, -0.05) is 19.1 Å². The van der Waals surface area contributed by atoms with E-state index >= 15 is 0 Å². The molecule has 1 aromatic carbocycles. The molecule has 0 spiro atoms. The van der Waals surface area contributed by atoms with Gasteiger partial charge in [0.15, 0.2) is 9.84 Å². The minimum atomic E-state index is -2.99. The third-order valence-electron chi connectivity index (χ3n) is 2.12. The Morgan fingerprint density at radius 1 is 1.36 bits per heavy atom. The highest BCUT2D eigenvalue weighted by molar-refractivity contribution is 7.90. The molecular weight excluding hydrogens is 198 g/mol. The van der Waals surface area contributed by atoms with E-state index in [0.717, 1.165) is 5.56 Å². The summed E-state index contributed by atoms with van der Waals surface area (Å²) >= 11 is 0. The molecule has 14 heavy (non-hydrogen) atoms. The Kier molecular flexibility index (Phi) is 3.16. The van der Waals surface area contributed by atoms with Crippen LogP contribution in [0.4, 0.5) is 5.69 Å². The lowest BCUT2D eigenvalue weighted by Gasteiger charge is -2.06. The smallest absolute Gasteiger partial charge is 0.154 e. The van der Waals surface area contributed by atoms with Crippen LogP contribution in [0.3, 0.4) is 0 Å². The van der Waals surface area contributed by atoms with Crippen molar-refractivity contribution in [3.63, 3.8) is 0 Å². The SMILES string of the molecule is CCS(=O)(=O)Cc1ccc(C)cc1N. The third kappa shape index (κ3) is 2.73. The molecule has 0 fully saturated rings. The average Bonchev–Trinajstić information content (AvgIpc) is 2.10. The van der Waals surface area contributed by atoms with Gasteiger partial charge in [0.2, 0.25) is 0 Å². The Labute approximate surface area is 84.9 Å². The predicted octanol–water partition coefficient (Wildman–Crippen LogP) is 1.51. The van der Waals surface area contributed by atoms with Gasteiger partial charge in [0.1, 0.15) is 0 Å². The molecular formula is C10H15NO2S. The lowest BCUT2D eigenvalue weighted by atomic mass is 10.1. The first kappa shape index (κ1) is 11.0. The van der Waals surface area contributed by atoms with Crippen LogP contribution < -0.4 is 5.73 Å². The van der Waals surface area contributed by atoms with Crippen LogP contribution >= 0.6 is 0 Å². The van der Waals surface area contributed by atoms with Gasteiger partial charge in [0.25, 0.3) is 0 Å². The first-order chi connectivity index (χ1) is 6.44. The third-order valence-corrected chi connectivity index (χ3v) is 3.75. The largest absolute Gasteiger partial charge is 0.398 e. The molecule has 3 nitrogen and oxygen atoms in total. The maximum Gasteiger partial charge on any atom is 0.154 e. The topological polar surface area (TPSA) is 60.2 Å². The summed E-state index contributed by atoms with van der Waals surface area (Å²) in [5, 5.41) is 0. The van der Waals surface area contributed by atoms with E-state index in [9.17, 15) is 8.42 Å². The first-order valence-corrected chi connectivity index (χ1v) is 6.32. The van der Waals surface area contributed by atoms with Crippen molar-refractivity contribution >= 4 is 15.5 Å². The van der Waals surface area contributed by atoms with Crippen molar-refractivity contribution in [2.75, 3.05) is 11.5 Å². The maximum atomic E-state index is 11.4. The fraction of sp³-hybridized carbons (Fsp3) is 0.400. The van der Waals surface area contributed by atoms with E-state index in [1.807, 2.05) is 13.0 Å². The Hall–Kier alpha value is -1.03. The number of rotatable bonds is 3. The molecule has 0 radical (unpaired) electrons. The minimum absolute atomic E-state index is 0.0373. The summed E-state index contributed by atoms with van der Waals surface area (Å²) in [4.78, 5) is 0. The number of hydrogen-bond acceptors (Lipinski definition) is 3. The summed E-state index contributed by atoms with van der Waals surface area (Å²) in [5.41, 5.74) is 8.01. The Morgan fingerprint density at radius 2 is 2.00 bits per heavy atom. The van der Waals surface area contributed by atoms with Crippen LogP contribution in [0.1, 0.15) is 18.1 Å². The molecule has 0 aromatic heterocycles. The van der Waals surface area contributed by atoms with Gasteiger partial charge in [-0.15, -0.1) is 0 Å². The average molecular weight is 213 g/mol. The lowest BCUT2D eigenvalue weighted by Crippen LogP contribution is -2.08. The number of benzene rings is 1. The second kappa shape index (κ2) is 4.00. The molecule has 0 saturated carbocycles. The molecule has 0 amide bonds. The van der Waals surface area contributed by atoms with Gasteiger partial charge < -0.3 is 5.73 Å². The normalized spacial score (nSPS) is 11.6. The lowest BCUT2D eigenvalue weighted by molar-refractivity contribution is 0.596. The van der Waals surface area contributed by atoms with Crippen molar-refractivity contribution in [3.8, 4) is 0 Å². The fourth-order valence-electron chi connectivity index (χ4n) is 1.18. The van der Waals surface area contributed by atoms with Crippen molar-refractivity contribution in [1.29, 1.82) is 0 Å². The first-order valence-electron chi connectivity index (χ1n) is 4.50. The number of hydrogen-bond donors (Lipinski definition) is 1. The van der Waals surface area contributed by atoms with E-state index in [0.29, 0.717) is 11.3 Å². The number of aryl methyl sites for hydroxylation is 1. The molecule has 0 unspecified atom stereocenters. The van der Waals surface area contributed by atoms with Crippen LogP contribution in [-0.2, 0) is 15.6 Å². The molecule has 0 heterocycles. The van der Waals surface area contributed by atoms with Gasteiger partial charge in [0, 0.05) is 11.4 Å². The molecule has 0 aliphatic heterocycles. The fourth-order valence-corrected chi connectivity index (χ4v) is 2.13. The summed E-state index contributed by atoms with van der Waals surface area (Å²) < 4.78 is 22.7. The summed E-state index contributed by atoms with van der Waals surface area (Å²) in [6, 6.07) is 5.44. The molecule has 1 rings (SSSR count). The predicted molar refractivity (Wildman–Crippen MR) is 58.8 cm³/mol. The number of nitrogen functional groups attached to an aromatic ring is 1. The summed E-state index contributed by atoms with van der Waals surface area (Å²) in [6.07, 6.45) is 0. The van der Waals surface area contributed by atoms with Crippen LogP contribution in [0.2, 0.25) is 0 Å². The van der Waals surface area contributed by atoms with E-state index in [1.165, 1.54) is 0 Å². The molecule has 1 aromatic rings. The van der Waals surface area contributed by atoms with E-state index in [1.54, 1.807) is 19.1 Å². The van der Waals surface area contributed by atoms with Gasteiger partial charge in [-0.3, -0.25) is 0 Å². The Bertz CT molecular complexity index is 424. The van der Waals surface area contributed by atoms with Gasteiger partial charge >= 0.3 is 0 Å². The van der Waals surface area contributed by atoms with Crippen molar-refractivity contribution in [1.82, 2.24) is 0 Å². The molecule has 0 aliphatic carbocycles. The second-order valence-corrected chi connectivity index (χ2v) is 5.73. The molecule has 0 aliphatic rings. The molecule has 78 valence electrons. The number of nitrogens with two attached hydrogens (primary N) is 1. The highest BCUT2D eigenvalue weighted by atomic mass is 32.2. The quantitative estimate of drug-likeness (QED) is 0.774. The van der Waals surface area contributed by atoms with Crippen LogP contribution in [0, 0.1) is 6.92 Å². The Morgan fingerprint density at radius 3 is 2.50 bits per heavy atom. The van der Waals surface area contributed by atoms with E-state index in [2.05, 4.69) is 0 Å². The van der Waals surface area contributed by atoms with Crippen LogP contribution in [0.5, 0.6) is 0 Å². The van der Waals surface area contributed by atoms with Gasteiger partial charge in [0.05, 0.1) is 5.75 Å². The Balaban J connectivity index is 2.99. The molecule has 0 bridgehead atoms. The van der Waals surface area contributed by atoms with Crippen LogP contribution in [0.15, 0.2) is 18.2 Å². The van der Waals surface area contributed by atoms with Crippen molar-refractivity contribution in [3.05, 3.63) is 29.3 Å². The van der Waals surface area contributed by atoms with Crippen molar-refractivity contribution in [2.45, 2.75) is 19.6 Å². The van der Waals surface area contributed by atoms with Gasteiger partial charge in [-0.2, -0.15) is 0 Å². The van der Waals surface area contributed by atoms with E-state index < -0.39 is 9.84 Å². The summed E-state index contributed by atoms with van der Waals surface area (Å²) in [6.45, 7) is 3.56. The van der Waals surface area contributed by atoms with Crippen LogP contribution in [-0.4, -0.2) is 14.2 Å². The second-order valence-electron chi connectivity index (χ2n) is 3.38. The zero-order chi connectivity index (χ0) is 10.8. The standard InChI is InChI=1S/C10H15NO2S/c1-3-14(12,13)7-9-5-4-8(2)6-10(9)11/h4-6H,3,7,11H2,1-2H3. The highest BCUT2D eigenvalue weighted by Gasteiger charge is 2.10. The van der Waals surface area contributed by atoms with Crippen molar-refractivity contribution < 1.29 is 8.42 Å². The van der Waals surface area contributed by atoms with Crippen molar-refractivity contribution in [2.24, 2.45) is 0 Å². The number of anilines is 1. The molecule has 4 heteroatoms. The van der Waals surface area contributed by atoms with Gasteiger partial charge in [-0.25, -0.2) is 8.42 Å². The zero-order valence-corrected chi connectivity index (χ0v) is 9.26. The zero-order valence-electron chi connectivity index (χ0n) is 8.45. The molecule has 0 atom stereocenters. The highest BCUT2D eigenvalue weighted by Crippen LogP contribution is 2.16. The van der Waals surface area contributed by atoms with Crippen LogP contribution in [0.25, 0.3) is 0 Å². The summed E-state index contributed by atoms with van der Waals surface area (Å²) in [5.74, 6) is 0.190. The minimum Gasteiger partial charge on any atom is -0.398 e. The summed E-state index contributed by atoms with van der Waals surface area (Å²) in [7, 11) is -2.99. The van der Waals surface area contributed by atoms with E-state index in [4.69, 9.17) is 5.73 Å². The van der Waals surface area contributed by atoms with E-state index in [-0.39, 0.29) is 11.5 Å². The molecule has 2 N–H and O–H groups in total. The van der Waals surface area contributed by atoms with Gasteiger partial charge in [-0.05, 0) is 24.1 Å². The monoisotopic (exact) mass is 213 g/mol.